The molecule has 0 atom stereocenters. The fourth-order valence-electron chi connectivity index (χ4n) is 4.01. The standard InChI is InChI=1S/C20H23FN4O4/c21-14-1-2-16-15(11-14)20(23-29-16)13-5-8-24(9-6-13)18(27)3-4-19(28)25-10-7-22-17(26)12-25/h1-2,11,13H,3-10,12H2,(H,22,26). The van der Waals surface area contributed by atoms with E-state index in [0.717, 1.165) is 5.69 Å². The fourth-order valence-corrected chi connectivity index (χ4v) is 4.01. The molecule has 0 radical (unpaired) electrons. The van der Waals surface area contributed by atoms with Gasteiger partial charge in [0.2, 0.25) is 17.7 Å². The van der Waals surface area contributed by atoms with Gasteiger partial charge < -0.3 is 19.6 Å². The third kappa shape index (κ3) is 4.23. The minimum atomic E-state index is -0.328. The molecule has 8 nitrogen and oxygen atoms in total. The lowest BCUT2D eigenvalue weighted by Crippen LogP contribution is -2.50. The van der Waals surface area contributed by atoms with Gasteiger partial charge in [-0.05, 0) is 31.0 Å². The van der Waals surface area contributed by atoms with Crippen LogP contribution in [0.15, 0.2) is 22.7 Å². The first-order valence-electron chi connectivity index (χ1n) is 9.88. The molecule has 1 aromatic heterocycles. The highest BCUT2D eigenvalue weighted by Crippen LogP contribution is 2.33. The van der Waals surface area contributed by atoms with E-state index in [0.29, 0.717) is 50.0 Å². The molecule has 0 spiro atoms. The quantitative estimate of drug-likeness (QED) is 0.834. The van der Waals surface area contributed by atoms with E-state index in [4.69, 9.17) is 4.52 Å². The summed E-state index contributed by atoms with van der Waals surface area (Å²) >= 11 is 0. The average Bonchev–Trinajstić information content (AvgIpc) is 3.15. The third-order valence-corrected chi connectivity index (χ3v) is 5.64. The highest BCUT2D eigenvalue weighted by Gasteiger charge is 2.28. The molecule has 0 aliphatic carbocycles. The van der Waals surface area contributed by atoms with E-state index in [1.165, 1.54) is 17.0 Å². The van der Waals surface area contributed by atoms with Crippen molar-refractivity contribution in [2.24, 2.45) is 0 Å². The second-order valence-corrected chi connectivity index (χ2v) is 7.53. The van der Waals surface area contributed by atoms with Gasteiger partial charge in [-0.3, -0.25) is 14.4 Å². The molecule has 0 saturated carbocycles. The van der Waals surface area contributed by atoms with Gasteiger partial charge in [0.1, 0.15) is 5.82 Å². The highest BCUT2D eigenvalue weighted by atomic mass is 19.1. The number of amides is 3. The van der Waals surface area contributed by atoms with E-state index in [-0.39, 0.29) is 48.8 Å². The molecule has 2 aliphatic rings. The summed E-state index contributed by atoms with van der Waals surface area (Å²) in [7, 11) is 0. The molecule has 1 aromatic carbocycles. The summed E-state index contributed by atoms with van der Waals surface area (Å²) in [5.74, 6) is -0.618. The van der Waals surface area contributed by atoms with Crippen molar-refractivity contribution >= 4 is 28.7 Å². The van der Waals surface area contributed by atoms with E-state index >= 15 is 0 Å². The number of piperazine rings is 1. The summed E-state index contributed by atoms with van der Waals surface area (Å²) in [5, 5.41) is 7.48. The van der Waals surface area contributed by atoms with Gasteiger partial charge >= 0.3 is 0 Å². The van der Waals surface area contributed by atoms with Crippen LogP contribution in [0.1, 0.15) is 37.3 Å². The predicted molar refractivity (Wildman–Crippen MR) is 101 cm³/mol. The Kier molecular flexibility index (Phi) is 5.46. The topological polar surface area (TPSA) is 95.8 Å². The Morgan fingerprint density at radius 3 is 2.59 bits per heavy atom. The number of nitrogens with one attached hydrogen (secondary N) is 1. The molecular weight excluding hydrogens is 379 g/mol. The Bertz CT molecular complexity index is 936. The molecule has 154 valence electrons. The van der Waals surface area contributed by atoms with E-state index in [9.17, 15) is 18.8 Å². The molecule has 3 amide bonds. The van der Waals surface area contributed by atoms with Crippen LogP contribution < -0.4 is 5.32 Å². The number of aromatic nitrogens is 1. The van der Waals surface area contributed by atoms with Gasteiger partial charge in [0.25, 0.3) is 0 Å². The van der Waals surface area contributed by atoms with Crippen LogP contribution in [0.3, 0.4) is 0 Å². The number of carbonyl (C=O) groups is 3. The molecule has 2 saturated heterocycles. The molecule has 29 heavy (non-hydrogen) atoms. The number of piperidine rings is 1. The van der Waals surface area contributed by atoms with Gasteiger partial charge in [-0.25, -0.2) is 4.39 Å². The molecule has 2 fully saturated rings. The summed E-state index contributed by atoms with van der Waals surface area (Å²) in [6.07, 6.45) is 1.67. The summed E-state index contributed by atoms with van der Waals surface area (Å²) in [4.78, 5) is 39.3. The van der Waals surface area contributed by atoms with Crippen molar-refractivity contribution in [3.63, 3.8) is 0 Å². The van der Waals surface area contributed by atoms with Crippen molar-refractivity contribution in [3.8, 4) is 0 Å². The number of hydrogen-bond donors (Lipinski definition) is 1. The molecule has 2 aromatic rings. The van der Waals surface area contributed by atoms with Crippen molar-refractivity contribution in [1.82, 2.24) is 20.3 Å². The van der Waals surface area contributed by atoms with Crippen LogP contribution in [0.25, 0.3) is 11.0 Å². The molecule has 0 bridgehead atoms. The number of likely N-dealkylation sites (tertiary alicyclic amines) is 1. The minimum absolute atomic E-state index is 0.0602. The lowest BCUT2D eigenvalue weighted by Gasteiger charge is -2.31. The van der Waals surface area contributed by atoms with Gasteiger partial charge in [-0.1, -0.05) is 5.16 Å². The monoisotopic (exact) mass is 402 g/mol. The first kappa shape index (κ1) is 19.4. The smallest absolute Gasteiger partial charge is 0.239 e. The van der Waals surface area contributed by atoms with Gasteiger partial charge in [-0.2, -0.15) is 0 Å². The summed E-state index contributed by atoms with van der Waals surface area (Å²) < 4.78 is 18.9. The SMILES string of the molecule is O=C1CN(C(=O)CCC(=O)N2CCC(c3noc4ccc(F)cc34)CC2)CCN1. The Balaban J connectivity index is 1.29. The normalized spacial score (nSPS) is 18.2. The number of benzene rings is 1. The van der Waals surface area contributed by atoms with Gasteiger partial charge in [0.05, 0.1) is 12.2 Å². The maximum Gasteiger partial charge on any atom is 0.239 e. The van der Waals surface area contributed by atoms with E-state index in [1.807, 2.05) is 0 Å². The first-order valence-corrected chi connectivity index (χ1v) is 9.88. The largest absolute Gasteiger partial charge is 0.356 e. The minimum Gasteiger partial charge on any atom is -0.356 e. The maximum atomic E-state index is 13.6. The molecular formula is C20H23FN4O4. The van der Waals surface area contributed by atoms with Crippen molar-refractivity contribution < 1.29 is 23.3 Å². The number of fused-ring (bicyclic) bond motifs is 1. The summed E-state index contributed by atoms with van der Waals surface area (Å²) in [5.41, 5.74) is 1.30. The summed E-state index contributed by atoms with van der Waals surface area (Å²) in [6.45, 7) is 2.12. The van der Waals surface area contributed by atoms with Gasteiger partial charge in [0.15, 0.2) is 5.58 Å². The van der Waals surface area contributed by atoms with Crippen LogP contribution in [-0.2, 0) is 14.4 Å². The number of halogens is 1. The van der Waals surface area contributed by atoms with E-state index in [1.54, 1.807) is 11.0 Å². The lowest BCUT2D eigenvalue weighted by atomic mass is 9.91. The zero-order valence-electron chi connectivity index (χ0n) is 16.0. The maximum absolute atomic E-state index is 13.6. The van der Waals surface area contributed by atoms with Gasteiger partial charge in [0, 0.05) is 50.3 Å². The van der Waals surface area contributed by atoms with E-state index in [2.05, 4.69) is 10.5 Å². The number of hydrogen-bond acceptors (Lipinski definition) is 5. The molecule has 0 unspecified atom stereocenters. The second kappa shape index (κ2) is 8.18. The lowest BCUT2D eigenvalue weighted by molar-refractivity contribution is -0.140. The highest BCUT2D eigenvalue weighted by molar-refractivity contribution is 5.88. The average molecular weight is 402 g/mol. The zero-order valence-corrected chi connectivity index (χ0v) is 16.0. The Morgan fingerprint density at radius 1 is 1.14 bits per heavy atom. The molecule has 3 heterocycles. The van der Waals surface area contributed by atoms with Crippen LogP contribution in [0, 0.1) is 5.82 Å². The van der Waals surface area contributed by atoms with Crippen LogP contribution in [-0.4, -0.2) is 65.4 Å². The van der Waals surface area contributed by atoms with Crippen molar-refractivity contribution in [1.29, 1.82) is 0 Å². The van der Waals surface area contributed by atoms with Crippen LogP contribution in [0.4, 0.5) is 4.39 Å². The fraction of sp³-hybridized carbons (Fsp3) is 0.500. The molecule has 1 N–H and O–H groups in total. The Hall–Kier alpha value is -2.97. The van der Waals surface area contributed by atoms with Crippen molar-refractivity contribution in [3.05, 3.63) is 29.7 Å². The first-order chi connectivity index (χ1) is 14.0. The van der Waals surface area contributed by atoms with Crippen LogP contribution in [0.5, 0.6) is 0 Å². The number of rotatable bonds is 4. The van der Waals surface area contributed by atoms with Crippen molar-refractivity contribution in [2.75, 3.05) is 32.7 Å². The summed E-state index contributed by atoms with van der Waals surface area (Å²) in [6, 6.07) is 4.35. The predicted octanol–water partition coefficient (Wildman–Crippen LogP) is 1.41. The molecule has 2 aliphatic heterocycles. The zero-order chi connectivity index (χ0) is 20.4. The number of carbonyl (C=O) groups excluding carboxylic acids is 3. The Labute approximate surface area is 167 Å². The van der Waals surface area contributed by atoms with E-state index < -0.39 is 0 Å². The van der Waals surface area contributed by atoms with Crippen molar-refractivity contribution in [2.45, 2.75) is 31.6 Å². The second-order valence-electron chi connectivity index (χ2n) is 7.53. The third-order valence-electron chi connectivity index (χ3n) is 5.64. The molecule has 4 rings (SSSR count). The van der Waals surface area contributed by atoms with Gasteiger partial charge in [-0.15, -0.1) is 0 Å². The van der Waals surface area contributed by atoms with Crippen LogP contribution in [0.2, 0.25) is 0 Å². The Morgan fingerprint density at radius 2 is 1.86 bits per heavy atom. The molecule has 9 heteroatoms. The number of nitrogens with zero attached hydrogens (tertiary/aromatic N) is 3. The van der Waals surface area contributed by atoms with Crippen LogP contribution >= 0.6 is 0 Å².